The average Bonchev–Trinajstić information content (AvgIpc) is 2.48. The van der Waals surface area contributed by atoms with E-state index in [-0.39, 0.29) is 21.3 Å². The smallest absolute Gasteiger partial charge is 0.294 e. The molecule has 0 fully saturated rings. The van der Waals surface area contributed by atoms with Gasteiger partial charge >= 0.3 is 0 Å². The zero-order chi connectivity index (χ0) is 17.1. The maximum absolute atomic E-state index is 12.1. The summed E-state index contributed by atoms with van der Waals surface area (Å²) in [6.07, 6.45) is 0. The first-order valence-corrected chi connectivity index (χ1v) is 6.74. The SMILES string of the molecule is O=C(Nc1ccc(Cl)cc1[N+](=O)[O-])c1ccc(Cl)c([N+](=O)[O-])c1. The van der Waals surface area contributed by atoms with Crippen LogP contribution in [0.15, 0.2) is 36.4 Å². The molecule has 2 aromatic carbocycles. The van der Waals surface area contributed by atoms with E-state index < -0.39 is 27.1 Å². The van der Waals surface area contributed by atoms with E-state index in [0.717, 1.165) is 12.1 Å². The summed E-state index contributed by atoms with van der Waals surface area (Å²) < 4.78 is 0. The number of nitrogens with one attached hydrogen (secondary N) is 1. The van der Waals surface area contributed by atoms with E-state index in [1.54, 1.807) is 0 Å². The van der Waals surface area contributed by atoms with E-state index in [0.29, 0.717) is 0 Å². The van der Waals surface area contributed by atoms with Crippen LogP contribution in [0.5, 0.6) is 0 Å². The molecule has 1 amide bonds. The zero-order valence-corrected chi connectivity index (χ0v) is 12.7. The molecule has 1 N–H and O–H groups in total. The number of halogens is 2. The van der Waals surface area contributed by atoms with Crippen LogP contribution in [0.4, 0.5) is 17.1 Å². The minimum Gasteiger partial charge on any atom is -0.316 e. The van der Waals surface area contributed by atoms with Gasteiger partial charge in [0.25, 0.3) is 17.3 Å². The van der Waals surface area contributed by atoms with Gasteiger partial charge < -0.3 is 5.32 Å². The van der Waals surface area contributed by atoms with E-state index >= 15 is 0 Å². The monoisotopic (exact) mass is 355 g/mol. The molecular formula is C13H7Cl2N3O5. The number of rotatable bonds is 4. The first-order valence-electron chi connectivity index (χ1n) is 5.99. The Morgan fingerprint density at radius 3 is 2.22 bits per heavy atom. The summed E-state index contributed by atoms with van der Waals surface area (Å²) in [5, 5.41) is 24.1. The molecule has 0 radical (unpaired) electrons. The summed E-state index contributed by atoms with van der Waals surface area (Å²) in [7, 11) is 0. The summed E-state index contributed by atoms with van der Waals surface area (Å²) in [5.41, 5.74) is -0.980. The van der Waals surface area contributed by atoms with Crippen molar-refractivity contribution in [1.29, 1.82) is 0 Å². The fourth-order valence-electron chi connectivity index (χ4n) is 1.75. The molecule has 0 atom stereocenters. The molecule has 8 nitrogen and oxygen atoms in total. The van der Waals surface area contributed by atoms with Crippen molar-refractivity contribution < 1.29 is 14.6 Å². The molecule has 0 aliphatic rings. The number of amides is 1. The molecule has 0 unspecified atom stereocenters. The average molecular weight is 356 g/mol. The maximum Gasteiger partial charge on any atom is 0.294 e. The molecule has 0 aliphatic heterocycles. The fraction of sp³-hybridized carbons (Fsp3) is 0. The number of carbonyl (C=O) groups excluding carboxylic acids is 1. The van der Waals surface area contributed by atoms with Gasteiger partial charge in [0.05, 0.1) is 9.85 Å². The van der Waals surface area contributed by atoms with E-state index in [9.17, 15) is 25.0 Å². The third-order valence-electron chi connectivity index (χ3n) is 2.81. The molecule has 0 aliphatic carbocycles. The highest BCUT2D eigenvalue weighted by molar-refractivity contribution is 6.33. The lowest BCUT2D eigenvalue weighted by Crippen LogP contribution is -2.13. The molecule has 0 saturated carbocycles. The molecule has 0 aromatic heterocycles. The maximum atomic E-state index is 12.1. The lowest BCUT2D eigenvalue weighted by Gasteiger charge is -2.06. The van der Waals surface area contributed by atoms with Crippen molar-refractivity contribution in [2.75, 3.05) is 5.32 Å². The van der Waals surface area contributed by atoms with E-state index in [1.165, 1.54) is 24.3 Å². The van der Waals surface area contributed by atoms with Gasteiger partial charge in [-0.25, -0.2) is 0 Å². The Morgan fingerprint density at radius 2 is 1.61 bits per heavy atom. The number of nitrogens with zero attached hydrogens (tertiary/aromatic N) is 2. The highest BCUT2D eigenvalue weighted by atomic mass is 35.5. The molecule has 0 bridgehead atoms. The van der Waals surface area contributed by atoms with E-state index in [1.807, 2.05) is 0 Å². The van der Waals surface area contributed by atoms with Crippen LogP contribution in [0.3, 0.4) is 0 Å². The van der Waals surface area contributed by atoms with Gasteiger partial charge in [-0.05, 0) is 24.3 Å². The van der Waals surface area contributed by atoms with Gasteiger partial charge in [0.2, 0.25) is 0 Å². The Morgan fingerprint density at radius 1 is 0.957 bits per heavy atom. The molecule has 0 spiro atoms. The van der Waals surface area contributed by atoms with Gasteiger partial charge in [-0.1, -0.05) is 23.2 Å². The van der Waals surface area contributed by atoms with Crippen molar-refractivity contribution in [3.63, 3.8) is 0 Å². The summed E-state index contributed by atoms with van der Waals surface area (Å²) >= 11 is 11.3. The standard InChI is InChI=1S/C13H7Cl2N3O5/c14-8-2-4-10(12(6-8)18(22)23)16-13(19)7-1-3-9(15)11(5-7)17(20)21/h1-6H,(H,16,19). The number of nitro groups is 2. The Labute approximate surface area is 138 Å². The third kappa shape index (κ3) is 3.74. The topological polar surface area (TPSA) is 115 Å². The van der Waals surface area contributed by atoms with Gasteiger partial charge in [0.1, 0.15) is 10.7 Å². The number of anilines is 1. The predicted octanol–water partition coefficient (Wildman–Crippen LogP) is 4.06. The summed E-state index contributed by atoms with van der Waals surface area (Å²) in [5.74, 6) is -0.754. The normalized spacial score (nSPS) is 10.2. The van der Waals surface area contributed by atoms with Crippen LogP contribution in [-0.2, 0) is 0 Å². The van der Waals surface area contributed by atoms with Crippen molar-refractivity contribution in [1.82, 2.24) is 0 Å². The van der Waals surface area contributed by atoms with E-state index in [4.69, 9.17) is 23.2 Å². The molecule has 2 rings (SSSR count). The summed E-state index contributed by atoms with van der Waals surface area (Å²) in [4.78, 5) is 32.5. The Kier molecular flexibility index (Phi) is 4.77. The van der Waals surface area contributed by atoms with Gasteiger partial charge in [-0.3, -0.25) is 25.0 Å². The van der Waals surface area contributed by atoms with Crippen LogP contribution in [0.2, 0.25) is 10.0 Å². The van der Waals surface area contributed by atoms with Crippen LogP contribution in [-0.4, -0.2) is 15.8 Å². The lowest BCUT2D eigenvalue weighted by molar-refractivity contribution is -0.384. The second-order valence-electron chi connectivity index (χ2n) is 4.30. The second-order valence-corrected chi connectivity index (χ2v) is 5.14. The first-order chi connectivity index (χ1) is 10.8. The van der Waals surface area contributed by atoms with Crippen LogP contribution < -0.4 is 5.32 Å². The molecule has 2 aromatic rings. The highest BCUT2D eigenvalue weighted by Gasteiger charge is 2.20. The van der Waals surface area contributed by atoms with Crippen LogP contribution >= 0.6 is 23.2 Å². The molecule has 0 saturated heterocycles. The van der Waals surface area contributed by atoms with Crippen LogP contribution in [0, 0.1) is 20.2 Å². The molecular weight excluding hydrogens is 349 g/mol. The van der Waals surface area contributed by atoms with Gasteiger partial charge in [0.15, 0.2) is 0 Å². The van der Waals surface area contributed by atoms with Crippen molar-refractivity contribution in [3.05, 3.63) is 72.2 Å². The van der Waals surface area contributed by atoms with E-state index in [2.05, 4.69) is 5.32 Å². The zero-order valence-electron chi connectivity index (χ0n) is 11.2. The summed E-state index contributed by atoms with van der Waals surface area (Å²) in [6, 6.07) is 7.18. The number of carbonyl (C=O) groups is 1. The lowest BCUT2D eigenvalue weighted by atomic mass is 10.1. The predicted molar refractivity (Wildman–Crippen MR) is 84.2 cm³/mol. The Balaban J connectivity index is 2.35. The minimum absolute atomic E-state index is 0.0645. The second kappa shape index (κ2) is 6.59. The molecule has 0 heterocycles. The van der Waals surface area contributed by atoms with Crippen molar-refractivity contribution >= 4 is 46.2 Å². The highest BCUT2D eigenvalue weighted by Crippen LogP contribution is 2.29. The number of hydrogen-bond donors (Lipinski definition) is 1. The summed E-state index contributed by atoms with van der Waals surface area (Å²) in [6.45, 7) is 0. The van der Waals surface area contributed by atoms with Crippen LogP contribution in [0.1, 0.15) is 10.4 Å². The quantitative estimate of drug-likeness (QED) is 0.655. The van der Waals surface area contributed by atoms with Gasteiger partial charge in [-0.2, -0.15) is 0 Å². The molecule has 10 heteroatoms. The Hall–Kier alpha value is -2.71. The molecule has 23 heavy (non-hydrogen) atoms. The Bertz CT molecular complexity index is 825. The van der Waals surface area contributed by atoms with Crippen molar-refractivity contribution in [2.45, 2.75) is 0 Å². The van der Waals surface area contributed by atoms with Crippen molar-refractivity contribution in [3.8, 4) is 0 Å². The first kappa shape index (κ1) is 16.7. The van der Waals surface area contributed by atoms with Gasteiger partial charge in [0, 0.05) is 22.7 Å². The van der Waals surface area contributed by atoms with Gasteiger partial charge in [-0.15, -0.1) is 0 Å². The number of nitro benzene ring substituents is 2. The fourth-order valence-corrected chi connectivity index (χ4v) is 2.10. The van der Waals surface area contributed by atoms with Crippen molar-refractivity contribution in [2.24, 2.45) is 0 Å². The van der Waals surface area contributed by atoms with Crippen LogP contribution in [0.25, 0.3) is 0 Å². The molecule has 118 valence electrons. The minimum atomic E-state index is -0.754. The largest absolute Gasteiger partial charge is 0.316 e. The number of benzene rings is 2. The third-order valence-corrected chi connectivity index (χ3v) is 3.36. The number of hydrogen-bond acceptors (Lipinski definition) is 5.